The first kappa shape index (κ1) is 23.2. The molecule has 0 N–H and O–H groups in total. The van der Waals surface area contributed by atoms with Crippen LogP contribution in [0.15, 0.2) is 0 Å². The van der Waals surface area contributed by atoms with Gasteiger partial charge in [0.15, 0.2) is 0 Å². The van der Waals surface area contributed by atoms with Crippen LogP contribution in [-0.4, -0.2) is 0 Å². The molecule has 0 nitrogen and oxygen atoms in total. The molecule has 6 rings (SSSR count). The Morgan fingerprint density at radius 2 is 0.750 bits per heavy atom. The van der Waals surface area contributed by atoms with Crippen molar-refractivity contribution in [3.05, 3.63) is 17.8 Å². The van der Waals surface area contributed by atoms with Crippen LogP contribution in [0.5, 0.6) is 0 Å². The van der Waals surface area contributed by atoms with Crippen LogP contribution in [0.25, 0.3) is 0 Å². The summed E-state index contributed by atoms with van der Waals surface area (Å²) in [5, 5.41) is 0. The molecule has 6 bridgehead atoms. The van der Waals surface area contributed by atoms with E-state index in [9.17, 15) is 0 Å². The molecule has 28 heavy (non-hydrogen) atoms. The molecule has 0 heterocycles. The molecule has 6 aliphatic rings. The summed E-state index contributed by atoms with van der Waals surface area (Å²) in [6.07, 6.45) is 17.6. The van der Waals surface area contributed by atoms with E-state index in [0.717, 1.165) is 17.8 Å². The molecule has 0 amide bonds. The molecule has 1 radical (unpaired) electrons. The molecule has 1 heteroatoms. The predicted molar refractivity (Wildman–Crippen MR) is 117 cm³/mol. The van der Waals surface area contributed by atoms with Crippen LogP contribution in [-0.2, 0) is 17.4 Å². The van der Waals surface area contributed by atoms with Gasteiger partial charge < -0.3 is 17.8 Å². The second-order valence-corrected chi connectivity index (χ2v) is 12.9. The second-order valence-electron chi connectivity index (χ2n) is 12.9. The van der Waals surface area contributed by atoms with Gasteiger partial charge >= 0.3 is 17.4 Å². The zero-order valence-electron chi connectivity index (χ0n) is 19.6. The minimum atomic E-state index is 0. The summed E-state index contributed by atoms with van der Waals surface area (Å²) in [4.78, 5) is 0. The van der Waals surface area contributed by atoms with Gasteiger partial charge in [-0.1, -0.05) is 97.8 Å². The first-order chi connectivity index (χ1) is 12.6. The van der Waals surface area contributed by atoms with Crippen molar-refractivity contribution in [2.45, 2.75) is 119 Å². The van der Waals surface area contributed by atoms with Crippen LogP contribution in [0.2, 0.25) is 0 Å². The van der Waals surface area contributed by atoms with Crippen LogP contribution in [0.3, 0.4) is 0 Å². The van der Waals surface area contributed by atoms with Crippen LogP contribution in [0, 0.1) is 51.8 Å². The number of hydrogen-bond acceptors (Lipinski definition) is 0. The van der Waals surface area contributed by atoms with Gasteiger partial charge in [0, 0.05) is 0 Å². The fourth-order valence-electron chi connectivity index (χ4n) is 7.76. The SMILES string of the molecule is CC1(C)CC2CC[C-]1C2.CC1(C)CC2CC[C-]1C2.CC1(C)CC2CC[C-]1C2.[Cr+3]. The van der Waals surface area contributed by atoms with E-state index in [1.54, 1.807) is 0 Å². The summed E-state index contributed by atoms with van der Waals surface area (Å²) in [5.41, 5.74) is 1.88. The summed E-state index contributed by atoms with van der Waals surface area (Å²) in [6.45, 7) is 14.4. The van der Waals surface area contributed by atoms with Gasteiger partial charge in [0.05, 0.1) is 0 Å². The first-order valence-electron chi connectivity index (χ1n) is 12.1. The molecule has 3 atom stereocenters. The van der Waals surface area contributed by atoms with E-state index in [1.807, 2.05) is 17.8 Å². The zero-order chi connectivity index (χ0) is 19.4. The van der Waals surface area contributed by atoms with Gasteiger partial charge in [-0.2, -0.15) is 54.8 Å². The number of rotatable bonds is 0. The number of hydrogen-bond donors (Lipinski definition) is 0. The Kier molecular flexibility index (Phi) is 6.82. The van der Waals surface area contributed by atoms with Crippen molar-refractivity contribution in [3.8, 4) is 0 Å². The molecule has 6 fully saturated rings. The van der Waals surface area contributed by atoms with E-state index in [-0.39, 0.29) is 17.4 Å². The van der Waals surface area contributed by atoms with Gasteiger partial charge in [0.1, 0.15) is 0 Å². The average molecular weight is 422 g/mol. The van der Waals surface area contributed by atoms with Gasteiger partial charge in [-0.3, -0.25) is 0 Å². The third-order valence-electron chi connectivity index (χ3n) is 9.44. The number of fused-ring (bicyclic) bond motifs is 6. The maximum atomic E-state index is 2.40. The van der Waals surface area contributed by atoms with Crippen molar-refractivity contribution in [2.24, 2.45) is 34.0 Å². The van der Waals surface area contributed by atoms with E-state index >= 15 is 0 Å². The molecule has 0 aliphatic heterocycles. The van der Waals surface area contributed by atoms with Crippen molar-refractivity contribution in [3.63, 3.8) is 0 Å². The fourth-order valence-corrected chi connectivity index (χ4v) is 7.76. The smallest absolute Gasteiger partial charge is 0.308 e. The predicted octanol–water partition coefficient (Wildman–Crippen LogP) is 8.37. The zero-order valence-corrected chi connectivity index (χ0v) is 20.9. The molecule has 0 spiro atoms. The van der Waals surface area contributed by atoms with Crippen molar-refractivity contribution < 1.29 is 17.4 Å². The van der Waals surface area contributed by atoms with E-state index in [2.05, 4.69) is 41.5 Å². The summed E-state index contributed by atoms with van der Waals surface area (Å²) in [7, 11) is 0. The van der Waals surface area contributed by atoms with Crippen LogP contribution < -0.4 is 0 Å². The summed E-state index contributed by atoms with van der Waals surface area (Å²) < 4.78 is 0. The van der Waals surface area contributed by atoms with Gasteiger partial charge in [-0.05, 0) is 0 Å². The Balaban J connectivity index is 0.000000118. The molecular weight excluding hydrogens is 376 g/mol. The van der Waals surface area contributed by atoms with Crippen LogP contribution >= 0.6 is 0 Å². The molecule has 3 unspecified atom stereocenters. The third-order valence-corrected chi connectivity index (χ3v) is 9.44. The maximum absolute atomic E-state index is 2.40. The van der Waals surface area contributed by atoms with Gasteiger partial charge in [-0.25, -0.2) is 0 Å². The van der Waals surface area contributed by atoms with E-state index in [0.29, 0.717) is 16.2 Å². The van der Waals surface area contributed by atoms with Gasteiger partial charge in [0.2, 0.25) is 0 Å². The Morgan fingerprint density at radius 1 is 0.500 bits per heavy atom. The summed E-state index contributed by atoms with van der Waals surface area (Å²) in [6, 6.07) is 0. The molecule has 159 valence electrons. The average Bonchev–Trinajstić information content (AvgIpc) is 3.33. The fraction of sp³-hybridized carbons (Fsp3) is 0.889. The topological polar surface area (TPSA) is 0 Å². The third kappa shape index (κ3) is 4.72. The van der Waals surface area contributed by atoms with E-state index in [1.165, 1.54) is 77.0 Å². The second kappa shape index (κ2) is 8.23. The van der Waals surface area contributed by atoms with Crippen molar-refractivity contribution in [1.82, 2.24) is 0 Å². The standard InChI is InChI=1S/3C9H15.Cr/c3*1-9(2)6-7-3-4-8(9)5-7;/h3*7H,3-6H2,1-2H3;/q3*-1;+3. The monoisotopic (exact) mass is 421 g/mol. The summed E-state index contributed by atoms with van der Waals surface area (Å²) in [5.74, 6) is 8.80. The Labute approximate surface area is 187 Å². The molecular formula is C27H45Cr. The normalized spacial score (nSPS) is 38.6. The largest absolute Gasteiger partial charge is 3.00 e. The van der Waals surface area contributed by atoms with Crippen molar-refractivity contribution in [1.29, 1.82) is 0 Å². The Morgan fingerprint density at radius 3 is 0.821 bits per heavy atom. The van der Waals surface area contributed by atoms with Crippen LogP contribution in [0.1, 0.15) is 119 Å². The van der Waals surface area contributed by atoms with E-state index in [4.69, 9.17) is 0 Å². The first-order valence-corrected chi connectivity index (χ1v) is 12.1. The van der Waals surface area contributed by atoms with Gasteiger partial charge in [0.25, 0.3) is 0 Å². The molecule has 0 aromatic heterocycles. The molecule has 0 aromatic carbocycles. The molecule has 0 aromatic rings. The Hall–Kier alpha value is 0.532. The quantitative estimate of drug-likeness (QED) is 0.345. The Bertz CT molecular complexity index is 454. The minimum Gasteiger partial charge on any atom is -0.308 e. The van der Waals surface area contributed by atoms with Crippen molar-refractivity contribution in [2.75, 3.05) is 0 Å². The molecule has 0 saturated heterocycles. The maximum Gasteiger partial charge on any atom is 3.00 e. The molecule has 6 saturated carbocycles. The van der Waals surface area contributed by atoms with Gasteiger partial charge in [-0.15, -0.1) is 0 Å². The van der Waals surface area contributed by atoms with Crippen LogP contribution in [0.4, 0.5) is 0 Å². The van der Waals surface area contributed by atoms with E-state index < -0.39 is 0 Å². The summed E-state index contributed by atoms with van der Waals surface area (Å²) >= 11 is 0. The molecule has 6 aliphatic carbocycles. The van der Waals surface area contributed by atoms with Crippen molar-refractivity contribution >= 4 is 0 Å². The minimum absolute atomic E-state index is 0.